The lowest BCUT2D eigenvalue weighted by Gasteiger charge is -1.98. The first-order valence-corrected chi connectivity index (χ1v) is 5.58. The van der Waals surface area contributed by atoms with Crippen molar-refractivity contribution in [3.63, 3.8) is 0 Å². The second kappa shape index (κ2) is 4.82. The van der Waals surface area contributed by atoms with E-state index < -0.39 is 0 Å². The number of nitrogens with zero attached hydrogens (tertiary/aromatic N) is 1. The van der Waals surface area contributed by atoms with Crippen LogP contribution in [0.5, 0.6) is 0 Å². The van der Waals surface area contributed by atoms with Crippen molar-refractivity contribution in [2.75, 3.05) is 0 Å². The van der Waals surface area contributed by atoms with Crippen LogP contribution in [-0.4, -0.2) is 17.1 Å². The van der Waals surface area contributed by atoms with Crippen LogP contribution in [0.1, 0.15) is 24.2 Å². The van der Waals surface area contributed by atoms with Crippen molar-refractivity contribution < 1.29 is 4.79 Å². The monoisotopic (exact) mass is 229 g/mol. The molecule has 1 aromatic heterocycles. The van der Waals surface area contributed by atoms with Crippen LogP contribution < -0.4 is 5.43 Å². The number of nitrogens with one attached hydrogen (secondary N) is 2. The van der Waals surface area contributed by atoms with Gasteiger partial charge in [0.05, 0.1) is 5.56 Å². The smallest absolute Gasteiger partial charge is 0.273 e. The van der Waals surface area contributed by atoms with Gasteiger partial charge in [-0.15, -0.1) is 0 Å². The van der Waals surface area contributed by atoms with E-state index in [4.69, 9.17) is 0 Å². The number of hydrogen-bond donors (Lipinski definition) is 2. The summed E-state index contributed by atoms with van der Waals surface area (Å²) in [7, 11) is 0. The summed E-state index contributed by atoms with van der Waals surface area (Å²) in [6, 6.07) is 7.68. The quantitative estimate of drug-likeness (QED) is 0.616. The molecular weight excluding hydrogens is 214 g/mol. The van der Waals surface area contributed by atoms with E-state index in [9.17, 15) is 4.79 Å². The Kier molecular flexibility index (Phi) is 3.23. The fourth-order valence-corrected chi connectivity index (χ4v) is 1.56. The second-order valence-corrected chi connectivity index (χ2v) is 4.21. The molecule has 4 heteroatoms. The minimum atomic E-state index is -0.195. The fraction of sp³-hybridized carbons (Fsp3) is 0.231. The van der Waals surface area contributed by atoms with Gasteiger partial charge < -0.3 is 4.98 Å². The van der Waals surface area contributed by atoms with Crippen LogP contribution in [0.15, 0.2) is 35.6 Å². The van der Waals surface area contributed by atoms with Crippen LogP contribution >= 0.6 is 0 Å². The van der Waals surface area contributed by atoms with Gasteiger partial charge in [0.15, 0.2) is 0 Å². The van der Waals surface area contributed by atoms with E-state index in [0.29, 0.717) is 11.5 Å². The summed E-state index contributed by atoms with van der Waals surface area (Å²) in [5.41, 5.74) is 4.08. The minimum Gasteiger partial charge on any atom is -0.360 e. The molecule has 0 saturated carbocycles. The predicted molar refractivity (Wildman–Crippen MR) is 69.1 cm³/mol. The van der Waals surface area contributed by atoms with Gasteiger partial charge in [0.1, 0.15) is 0 Å². The van der Waals surface area contributed by atoms with Gasteiger partial charge in [0.25, 0.3) is 5.91 Å². The highest BCUT2D eigenvalue weighted by Crippen LogP contribution is 2.17. The number of carbonyl (C=O) groups excluding carboxylic acids is 1. The molecule has 0 atom stereocenters. The number of aromatic nitrogens is 1. The summed E-state index contributed by atoms with van der Waals surface area (Å²) in [4.78, 5) is 14.9. The highest BCUT2D eigenvalue weighted by Gasteiger charge is 2.10. The van der Waals surface area contributed by atoms with Crippen molar-refractivity contribution in [2.45, 2.75) is 13.8 Å². The van der Waals surface area contributed by atoms with Gasteiger partial charge in [0.2, 0.25) is 0 Å². The molecule has 1 aromatic carbocycles. The molecule has 0 radical (unpaired) electrons. The molecular formula is C13H15N3O. The van der Waals surface area contributed by atoms with Gasteiger partial charge in [-0.25, -0.2) is 5.43 Å². The van der Waals surface area contributed by atoms with Crippen LogP contribution in [0.25, 0.3) is 10.9 Å². The summed E-state index contributed by atoms with van der Waals surface area (Å²) in [5, 5.41) is 4.80. The Labute approximate surface area is 99.7 Å². The number of H-pyrrole nitrogens is 1. The van der Waals surface area contributed by atoms with E-state index in [1.807, 2.05) is 38.1 Å². The van der Waals surface area contributed by atoms with Crippen LogP contribution in [0.4, 0.5) is 0 Å². The zero-order valence-electron chi connectivity index (χ0n) is 9.90. The highest BCUT2D eigenvalue weighted by molar-refractivity contribution is 6.06. The van der Waals surface area contributed by atoms with Crippen molar-refractivity contribution in [3.05, 3.63) is 36.0 Å². The van der Waals surface area contributed by atoms with Gasteiger partial charge >= 0.3 is 0 Å². The number of carbonyl (C=O) groups is 1. The summed E-state index contributed by atoms with van der Waals surface area (Å²) in [5.74, 6) is 0.123. The third kappa shape index (κ3) is 2.53. The molecule has 0 unspecified atom stereocenters. The van der Waals surface area contributed by atoms with Crippen LogP contribution in [0.2, 0.25) is 0 Å². The van der Waals surface area contributed by atoms with E-state index in [2.05, 4.69) is 15.5 Å². The number of hydrazone groups is 1. The lowest BCUT2D eigenvalue weighted by Crippen LogP contribution is -2.17. The van der Waals surface area contributed by atoms with Gasteiger partial charge in [-0.3, -0.25) is 4.79 Å². The van der Waals surface area contributed by atoms with Gasteiger partial charge in [-0.05, 0) is 12.0 Å². The Hall–Kier alpha value is -2.10. The molecule has 2 N–H and O–H groups in total. The third-order valence-electron chi connectivity index (χ3n) is 2.37. The number of hydrogen-bond acceptors (Lipinski definition) is 2. The molecule has 0 aliphatic carbocycles. The first kappa shape index (κ1) is 11.4. The highest BCUT2D eigenvalue weighted by atomic mass is 16.2. The first-order chi connectivity index (χ1) is 8.18. The summed E-state index contributed by atoms with van der Waals surface area (Å²) in [6.45, 7) is 4.00. The van der Waals surface area contributed by atoms with E-state index >= 15 is 0 Å². The maximum Gasteiger partial charge on any atom is 0.273 e. The zero-order valence-corrected chi connectivity index (χ0v) is 9.90. The SMILES string of the molecule is CC(C)/C=N/NC(=O)c1c[nH]c2ccccc12. The Morgan fingerprint density at radius 3 is 2.94 bits per heavy atom. The van der Waals surface area contributed by atoms with E-state index in [-0.39, 0.29) is 5.91 Å². The maximum atomic E-state index is 11.9. The van der Waals surface area contributed by atoms with Crippen LogP contribution in [-0.2, 0) is 0 Å². The zero-order chi connectivity index (χ0) is 12.3. The normalized spacial score (nSPS) is 11.5. The lowest BCUT2D eigenvalue weighted by atomic mass is 10.2. The number of para-hydroxylation sites is 1. The number of rotatable bonds is 3. The molecule has 17 heavy (non-hydrogen) atoms. The van der Waals surface area contributed by atoms with Crippen LogP contribution in [0.3, 0.4) is 0 Å². The van der Waals surface area contributed by atoms with Gasteiger partial charge in [-0.1, -0.05) is 32.0 Å². The fourth-order valence-electron chi connectivity index (χ4n) is 1.56. The first-order valence-electron chi connectivity index (χ1n) is 5.58. The molecule has 2 aromatic rings. The van der Waals surface area contributed by atoms with E-state index in [1.54, 1.807) is 12.4 Å². The van der Waals surface area contributed by atoms with Crippen molar-refractivity contribution in [1.82, 2.24) is 10.4 Å². The second-order valence-electron chi connectivity index (χ2n) is 4.21. The molecule has 1 amide bonds. The van der Waals surface area contributed by atoms with E-state index in [0.717, 1.165) is 10.9 Å². The molecule has 0 aliphatic rings. The Morgan fingerprint density at radius 1 is 1.41 bits per heavy atom. The van der Waals surface area contributed by atoms with Gasteiger partial charge in [0, 0.05) is 23.3 Å². The number of amides is 1. The molecule has 0 saturated heterocycles. The molecule has 2 rings (SSSR count). The Bertz CT molecular complexity index is 555. The molecule has 0 fully saturated rings. The Morgan fingerprint density at radius 2 is 2.18 bits per heavy atom. The number of aromatic amines is 1. The lowest BCUT2D eigenvalue weighted by molar-refractivity contribution is 0.0956. The number of fused-ring (bicyclic) bond motifs is 1. The summed E-state index contributed by atoms with van der Waals surface area (Å²) < 4.78 is 0. The van der Waals surface area contributed by atoms with Gasteiger partial charge in [-0.2, -0.15) is 5.10 Å². The van der Waals surface area contributed by atoms with E-state index in [1.165, 1.54) is 0 Å². The Balaban J connectivity index is 2.19. The molecule has 0 spiro atoms. The third-order valence-corrected chi connectivity index (χ3v) is 2.37. The molecule has 4 nitrogen and oxygen atoms in total. The average molecular weight is 229 g/mol. The van der Waals surface area contributed by atoms with Crippen molar-refractivity contribution in [3.8, 4) is 0 Å². The largest absolute Gasteiger partial charge is 0.360 e. The molecule has 1 heterocycles. The van der Waals surface area contributed by atoms with Crippen molar-refractivity contribution in [2.24, 2.45) is 11.0 Å². The molecule has 0 bridgehead atoms. The molecule has 0 aliphatic heterocycles. The standard InChI is InChI=1S/C13H15N3O/c1-9(2)7-15-16-13(17)11-8-14-12-6-4-3-5-10(11)12/h3-9,14H,1-2H3,(H,16,17)/b15-7+. The van der Waals surface area contributed by atoms with Crippen LogP contribution in [0, 0.1) is 5.92 Å². The summed E-state index contributed by atoms with van der Waals surface area (Å²) in [6.07, 6.45) is 3.40. The number of benzene rings is 1. The average Bonchev–Trinajstić information content (AvgIpc) is 2.72. The maximum absolute atomic E-state index is 11.9. The molecule has 88 valence electrons. The minimum absolute atomic E-state index is 0.195. The topological polar surface area (TPSA) is 57.2 Å². The van der Waals surface area contributed by atoms with Crippen molar-refractivity contribution in [1.29, 1.82) is 0 Å². The summed E-state index contributed by atoms with van der Waals surface area (Å²) >= 11 is 0. The predicted octanol–water partition coefficient (Wildman–Crippen LogP) is 2.54. The van der Waals surface area contributed by atoms with Crippen molar-refractivity contribution >= 4 is 23.0 Å².